The van der Waals surface area contributed by atoms with Crippen LogP contribution in [0.15, 0.2) is 38.0 Å². The minimum Gasteiger partial charge on any atom is -0.478 e. The molecule has 0 aliphatic heterocycles. The standard InChI is InChI=1S/C21H18O12/c1-4-7-31-19(28)13-10(16(22)23)14(20(29)32-8-5-2)12(18(26)27)15(11(13)17(24)25)21(30)33-9-6-3/h4-6H,1-3,7-9H2,(H,22,23)(H,24,25)(H,26,27). The molecule has 1 rings (SSSR count). The molecule has 12 nitrogen and oxygen atoms in total. The highest BCUT2D eigenvalue weighted by atomic mass is 16.5. The van der Waals surface area contributed by atoms with Crippen molar-refractivity contribution in [2.24, 2.45) is 0 Å². The van der Waals surface area contributed by atoms with Gasteiger partial charge in [-0.15, -0.1) is 0 Å². The molecular formula is C21H18O12. The zero-order valence-corrected chi connectivity index (χ0v) is 17.0. The van der Waals surface area contributed by atoms with E-state index in [1.807, 2.05) is 0 Å². The minimum atomic E-state index is -2.07. The lowest BCUT2D eigenvalue weighted by atomic mass is 9.85. The maximum atomic E-state index is 12.6. The largest absolute Gasteiger partial charge is 0.478 e. The first kappa shape index (κ1) is 26.3. The highest BCUT2D eigenvalue weighted by Gasteiger charge is 2.41. The molecule has 0 saturated carbocycles. The number of carboxylic acid groups (broad SMARTS) is 3. The van der Waals surface area contributed by atoms with Crippen molar-refractivity contribution < 1.29 is 58.3 Å². The van der Waals surface area contributed by atoms with Gasteiger partial charge in [-0.05, 0) is 0 Å². The van der Waals surface area contributed by atoms with Crippen LogP contribution in [-0.2, 0) is 14.2 Å². The van der Waals surface area contributed by atoms with Gasteiger partial charge in [0.2, 0.25) is 0 Å². The predicted octanol–water partition coefficient (Wildman–Crippen LogP) is 1.81. The molecule has 0 bridgehead atoms. The van der Waals surface area contributed by atoms with E-state index in [4.69, 9.17) is 14.2 Å². The molecule has 0 fully saturated rings. The quantitative estimate of drug-likeness (QED) is 0.232. The van der Waals surface area contributed by atoms with Gasteiger partial charge in [0.05, 0.1) is 33.4 Å². The molecule has 0 aliphatic carbocycles. The molecule has 174 valence electrons. The van der Waals surface area contributed by atoms with E-state index in [1.165, 1.54) is 0 Å². The van der Waals surface area contributed by atoms with Crippen LogP contribution in [0.5, 0.6) is 0 Å². The van der Waals surface area contributed by atoms with Crippen molar-refractivity contribution in [2.45, 2.75) is 0 Å². The highest BCUT2D eigenvalue weighted by molar-refractivity contribution is 6.23. The fourth-order valence-electron chi connectivity index (χ4n) is 2.62. The zero-order chi connectivity index (χ0) is 25.3. The molecule has 0 radical (unpaired) electrons. The van der Waals surface area contributed by atoms with Gasteiger partial charge in [-0.2, -0.15) is 0 Å². The highest BCUT2D eigenvalue weighted by Crippen LogP contribution is 2.31. The van der Waals surface area contributed by atoms with E-state index in [2.05, 4.69) is 19.7 Å². The summed E-state index contributed by atoms with van der Waals surface area (Å²) in [5.74, 6) is -11.0. The van der Waals surface area contributed by atoms with E-state index in [-0.39, 0.29) is 0 Å². The number of esters is 3. The molecule has 33 heavy (non-hydrogen) atoms. The van der Waals surface area contributed by atoms with Crippen molar-refractivity contribution in [1.82, 2.24) is 0 Å². The van der Waals surface area contributed by atoms with Crippen LogP contribution in [0.3, 0.4) is 0 Å². The summed E-state index contributed by atoms with van der Waals surface area (Å²) in [6, 6.07) is 0. The molecule has 0 amide bonds. The first-order chi connectivity index (χ1) is 15.5. The summed E-state index contributed by atoms with van der Waals surface area (Å²) in [6.07, 6.45) is 3.22. The lowest BCUT2D eigenvalue weighted by Gasteiger charge is -2.19. The predicted molar refractivity (Wildman–Crippen MR) is 109 cm³/mol. The van der Waals surface area contributed by atoms with Gasteiger partial charge in [-0.3, -0.25) is 0 Å². The van der Waals surface area contributed by atoms with Crippen LogP contribution < -0.4 is 0 Å². The van der Waals surface area contributed by atoms with Crippen molar-refractivity contribution in [2.75, 3.05) is 19.8 Å². The number of carbonyl (C=O) groups excluding carboxylic acids is 3. The monoisotopic (exact) mass is 462 g/mol. The number of hydrogen-bond donors (Lipinski definition) is 3. The molecule has 0 heterocycles. The normalized spacial score (nSPS) is 9.82. The van der Waals surface area contributed by atoms with E-state index >= 15 is 0 Å². The maximum Gasteiger partial charge on any atom is 0.340 e. The van der Waals surface area contributed by atoms with Gasteiger partial charge >= 0.3 is 35.8 Å². The molecule has 0 aliphatic rings. The summed E-state index contributed by atoms with van der Waals surface area (Å²) in [4.78, 5) is 74.0. The van der Waals surface area contributed by atoms with E-state index in [0.717, 1.165) is 18.2 Å². The van der Waals surface area contributed by atoms with Crippen molar-refractivity contribution in [3.63, 3.8) is 0 Å². The number of carbonyl (C=O) groups is 6. The fraction of sp³-hybridized carbons (Fsp3) is 0.143. The Labute approximate surface area is 186 Å². The van der Waals surface area contributed by atoms with Crippen molar-refractivity contribution in [3.8, 4) is 0 Å². The summed E-state index contributed by atoms with van der Waals surface area (Å²) in [5.41, 5.74) is -7.86. The third kappa shape index (κ3) is 5.70. The first-order valence-corrected chi connectivity index (χ1v) is 8.82. The number of aromatic carboxylic acids is 3. The molecule has 0 atom stereocenters. The molecule has 0 unspecified atom stereocenters. The van der Waals surface area contributed by atoms with Gasteiger partial charge in [0, 0.05) is 0 Å². The molecule has 1 aromatic carbocycles. The first-order valence-electron chi connectivity index (χ1n) is 8.82. The third-order valence-electron chi connectivity index (χ3n) is 3.75. The van der Waals surface area contributed by atoms with Crippen LogP contribution in [-0.4, -0.2) is 71.0 Å². The SMILES string of the molecule is C=CCOC(=O)c1c(C(=O)O)c(C(=O)OCC=C)c(C(=O)O)c(C(=O)OCC=C)c1C(=O)O. The van der Waals surface area contributed by atoms with E-state index < -0.39 is 89.0 Å². The fourth-order valence-corrected chi connectivity index (χ4v) is 2.62. The van der Waals surface area contributed by atoms with Crippen LogP contribution in [0.4, 0.5) is 0 Å². The van der Waals surface area contributed by atoms with Crippen LogP contribution in [0.25, 0.3) is 0 Å². The second-order valence-corrected chi connectivity index (χ2v) is 5.83. The Hall–Kier alpha value is -4.74. The number of rotatable bonds is 12. The molecule has 0 spiro atoms. The molecule has 1 aromatic rings. The lowest BCUT2D eigenvalue weighted by molar-refractivity contribution is 0.0491. The summed E-state index contributed by atoms with van der Waals surface area (Å²) in [7, 11) is 0. The summed E-state index contributed by atoms with van der Waals surface area (Å²) in [5, 5.41) is 29.1. The van der Waals surface area contributed by atoms with Crippen LogP contribution in [0.2, 0.25) is 0 Å². The molecule has 12 heteroatoms. The summed E-state index contributed by atoms with van der Waals surface area (Å²) >= 11 is 0. The van der Waals surface area contributed by atoms with E-state index in [1.54, 1.807) is 0 Å². The van der Waals surface area contributed by atoms with Gasteiger partial charge in [-0.1, -0.05) is 38.0 Å². The molecular weight excluding hydrogens is 444 g/mol. The number of benzene rings is 1. The number of ether oxygens (including phenoxy) is 3. The van der Waals surface area contributed by atoms with Crippen molar-refractivity contribution in [1.29, 1.82) is 0 Å². The Morgan fingerprint density at radius 1 is 0.515 bits per heavy atom. The van der Waals surface area contributed by atoms with Crippen molar-refractivity contribution in [3.05, 3.63) is 71.3 Å². The van der Waals surface area contributed by atoms with Gasteiger partial charge in [0.15, 0.2) is 0 Å². The van der Waals surface area contributed by atoms with E-state index in [0.29, 0.717) is 0 Å². The van der Waals surface area contributed by atoms with Crippen LogP contribution >= 0.6 is 0 Å². The van der Waals surface area contributed by atoms with Gasteiger partial charge in [-0.25, -0.2) is 28.8 Å². The topological polar surface area (TPSA) is 191 Å². The Morgan fingerprint density at radius 2 is 0.727 bits per heavy atom. The molecule has 0 saturated heterocycles. The van der Waals surface area contributed by atoms with E-state index in [9.17, 15) is 44.1 Å². The second kappa shape index (κ2) is 11.6. The maximum absolute atomic E-state index is 12.6. The van der Waals surface area contributed by atoms with Crippen LogP contribution in [0.1, 0.15) is 62.1 Å². The summed E-state index contributed by atoms with van der Waals surface area (Å²) in [6.45, 7) is 8.32. The Kier molecular flexibility index (Phi) is 9.24. The van der Waals surface area contributed by atoms with Gasteiger partial charge < -0.3 is 29.5 Å². The Morgan fingerprint density at radius 3 is 0.879 bits per heavy atom. The lowest BCUT2D eigenvalue weighted by Crippen LogP contribution is -2.30. The Balaban J connectivity index is 4.37. The minimum absolute atomic E-state index is 0.510. The van der Waals surface area contributed by atoms with Gasteiger partial charge in [0.1, 0.15) is 19.8 Å². The second-order valence-electron chi connectivity index (χ2n) is 5.83. The Bertz CT molecular complexity index is 909. The average molecular weight is 462 g/mol. The molecule has 3 N–H and O–H groups in total. The average Bonchev–Trinajstić information content (AvgIpc) is 2.76. The summed E-state index contributed by atoms with van der Waals surface area (Å²) < 4.78 is 14.2. The number of hydrogen-bond acceptors (Lipinski definition) is 9. The van der Waals surface area contributed by atoms with Crippen molar-refractivity contribution >= 4 is 35.8 Å². The third-order valence-corrected chi connectivity index (χ3v) is 3.75. The number of carboxylic acids is 3. The smallest absolute Gasteiger partial charge is 0.340 e. The van der Waals surface area contributed by atoms with Gasteiger partial charge in [0.25, 0.3) is 0 Å². The zero-order valence-electron chi connectivity index (χ0n) is 17.0. The van der Waals surface area contributed by atoms with Crippen LogP contribution in [0, 0.1) is 0 Å². The molecule has 0 aromatic heterocycles.